The standard InChI is InChI=1S/C11H21N3/c1-2-3-4-5-6-7-8-12-11-13-9-10-14-11/h9-10H,2-8H2,1H3,(H2,12,13,14). The third kappa shape index (κ3) is 4.90. The smallest absolute Gasteiger partial charge is 0.200 e. The summed E-state index contributed by atoms with van der Waals surface area (Å²) in [6.07, 6.45) is 11.6. The Bertz CT molecular complexity index is 206. The lowest BCUT2D eigenvalue weighted by atomic mass is 10.1. The summed E-state index contributed by atoms with van der Waals surface area (Å²) in [6.45, 7) is 3.28. The van der Waals surface area contributed by atoms with Crippen molar-refractivity contribution in [2.24, 2.45) is 0 Å². The molecular weight excluding hydrogens is 174 g/mol. The molecule has 0 spiro atoms. The molecule has 3 nitrogen and oxygen atoms in total. The number of unbranched alkanes of at least 4 members (excludes halogenated alkanes) is 5. The third-order valence-electron chi connectivity index (χ3n) is 2.32. The molecule has 0 saturated carbocycles. The van der Waals surface area contributed by atoms with E-state index < -0.39 is 0 Å². The first kappa shape index (κ1) is 11.1. The number of aromatic amines is 1. The van der Waals surface area contributed by atoms with Crippen molar-refractivity contribution in [3.63, 3.8) is 0 Å². The lowest BCUT2D eigenvalue weighted by molar-refractivity contribution is 0.616. The molecule has 0 bridgehead atoms. The van der Waals surface area contributed by atoms with Crippen molar-refractivity contribution < 1.29 is 0 Å². The van der Waals surface area contributed by atoms with Crippen LogP contribution in [-0.2, 0) is 0 Å². The Balaban J connectivity index is 1.85. The molecule has 0 aliphatic heterocycles. The topological polar surface area (TPSA) is 40.7 Å². The zero-order chi connectivity index (χ0) is 10.1. The van der Waals surface area contributed by atoms with E-state index in [0.717, 1.165) is 12.5 Å². The van der Waals surface area contributed by atoms with Gasteiger partial charge < -0.3 is 10.3 Å². The van der Waals surface area contributed by atoms with Crippen LogP contribution in [0.5, 0.6) is 0 Å². The van der Waals surface area contributed by atoms with Gasteiger partial charge in [0.1, 0.15) is 0 Å². The summed E-state index contributed by atoms with van der Waals surface area (Å²) in [5.41, 5.74) is 0. The second kappa shape index (κ2) is 7.42. The van der Waals surface area contributed by atoms with Crippen LogP contribution in [-0.4, -0.2) is 16.5 Å². The van der Waals surface area contributed by atoms with Crippen molar-refractivity contribution in [1.82, 2.24) is 9.97 Å². The van der Waals surface area contributed by atoms with E-state index in [1.165, 1.54) is 38.5 Å². The Morgan fingerprint density at radius 1 is 1.21 bits per heavy atom. The lowest BCUT2D eigenvalue weighted by Crippen LogP contribution is -2.02. The van der Waals surface area contributed by atoms with Crippen LogP contribution in [0.15, 0.2) is 12.4 Å². The number of nitrogens with zero attached hydrogens (tertiary/aromatic N) is 1. The highest BCUT2D eigenvalue weighted by atomic mass is 15.1. The molecular formula is C11H21N3. The fraction of sp³-hybridized carbons (Fsp3) is 0.727. The number of aromatic nitrogens is 2. The Kier molecular flexibility index (Phi) is 5.87. The molecule has 80 valence electrons. The van der Waals surface area contributed by atoms with Crippen LogP contribution in [0.3, 0.4) is 0 Å². The summed E-state index contributed by atoms with van der Waals surface area (Å²) in [4.78, 5) is 7.12. The molecule has 2 N–H and O–H groups in total. The largest absolute Gasteiger partial charge is 0.356 e. The summed E-state index contributed by atoms with van der Waals surface area (Å²) >= 11 is 0. The minimum atomic E-state index is 0.888. The van der Waals surface area contributed by atoms with Gasteiger partial charge in [0.05, 0.1) is 0 Å². The summed E-state index contributed by atoms with van der Waals surface area (Å²) in [6, 6.07) is 0. The predicted molar refractivity (Wildman–Crippen MR) is 60.5 cm³/mol. The number of anilines is 1. The van der Waals surface area contributed by atoms with Gasteiger partial charge in [-0.2, -0.15) is 0 Å². The molecule has 1 aromatic heterocycles. The van der Waals surface area contributed by atoms with Crippen LogP contribution < -0.4 is 5.32 Å². The summed E-state index contributed by atoms with van der Waals surface area (Å²) in [5, 5.41) is 3.25. The zero-order valence-corrected chi connectivity index (χ0v) is 9.05. The quantitative estimate of drug-likeness (QED) is 0.625. The first-order valence-corrected chi connectivity index (χ1v) is 5.66. The molecule has 0 aromatic carbocycles. The minimum Gasteiger partial charge on any atom is -0.356 e. The Morgan fingerprint density at radius 2 is 2.00 bits per heavy atom. The Labute approximate surface area is 86.3 Å². The normalized spacial score (nSPS) is 10.4. The maximum absolute atomic E-state index is 4.10. The number of hydrogen-bond donors (Lipinski definition) is 2. The van der Waals surface area contributed by atoms with Crippen LogP contribution in [0.25, 0.3) is 0 Å². The predicted octanol–water partition coefficient (Wildman–Crippen LogP) is 3.18. The van der Waals surface area contributed by atoms with Gasteiger partial charge in [0.25, 0.3) is 0 Å². The number of H-pyrrole nitrogens is 1. The molecule has 1 aromatic rings. The first-order chi connectivity index (χ1) is 6.93. The van der Waals surface area contributed by atoms with Crippen molar-refractivity contribution in [2.75, 3.05) is 11.9 Å². The fourth-order valence-electron chi connectivity index (χ4n) is 1.47. The number of imidazole rings is 1. The average Bonchev–Trinajstić information content (AvgIpc) is 2.69. The van der Waals surface area contributed by atoms with Gasteiger partial charge in [-0.15, -0.1) is 0 Å². The highest BCUT2D eigenvalue weighted by Crippen LogP contribution is 2.05. The van der Waals surface area contributed by atoms with Crippen molar-refractivity contribution >= 4 is 5.95 Å². The van der Waals surface area contributed by atoms with Crippen molar-refractivity contribution in [1.29, 1.82) is 0 Å². The van der Waals surface area contributed by atoms with Gasteiger partial charge in [-0.1, -0.05) is 39.0 Å². The second-order valence-corrected chi connectivity index (χ2v) is 3.63. The van der Waals surface area contributed by atoms with Crippen molar-refractivity contribution in [3.05, 3.63) is 12.4 Å². The van der Waals surface area contributed by atoms with Gasteiger partial charge in [-0.25, -0.2) is 4.98 Å². The molecule has 0 aliphatic carbocycles. The van der Waals surface area contributed by atoms with Gasteiger partial charge in [-0.3, -0.25) is 0 Å². The maximum atomic E-state index is 4.10. The second-order valence-electron chi connectivity index (χ2n) is 3.63. The fourth-order valence-corrected chi connectivity index (χ4v) is 1.47. The van der Waals surface area contributed by atoms with Gasteiger partial charge in [0.2, 0.25) is 0 Å². The summed E-state index contributed by atoms with van der Waals surface area (Å²) in [7, 11) is 0. The molecule has 0 unspecified atom stereocenters. The SMILES string of the molecule is CCCCCCCCNc1ncc[nH]1. The van der Waals surface area contributed by atoms with E-state index in [2.05, 4.69) is 22.2 Å². The van der Waals surface area contributed by atoms with E-state index in [1.54, 1.807) is 6.20 Å². The molecule has 0 radical (unpaired) electrons. The van der Waals surface area contributed by atoms with Crippen molar-refractivity contribution in [2.45, 2.75) is 45.4 Å². The third-order valence-corrected chi connectivity index (χ3v) is 2.32. The van der Waals surface area contributed by atoms with Crippen molar-refractivity contribution in [3.8, 4) is 0 Å². The van der Waals surface area contributed by atoms with E-state index in [0.29, 0.717) is 0 Å². The van der Waals surface area contributed by atoms with Crippen LogP contribution in [0.1, 0.15) is 45.4 Å². The molecule has 0 saturated heterocycles. The molecule has 1 rings (SSSR count). The molecule has 0 fully saturated rings. The number of hydrogen-bond acceptors (Lipinski definition) is 2. The molecule has 0 atom stereocenters. The van der Waals surface area contributed by atoms with Crippen LogP contribution >= 0.6 is 0 Å². The molecule has 14 heavy (non-hydrogen) atoms. The van der Waals surface area contributed by atoms with E-state index in [1.807, 2.05) is 6.20 Å². The van der Waals surface area contributed by atoms with E-state index in [9.17, 15) is 0 Å². The Hall–Kier alpha value is -0.990. The van der Waals surface area contributed by atoms with E-state index >= 15 is 0 Å². The van der Waals surface area contributed by atoms with Crippen LogP contribution in [0, 0.1) is 0 Å². The molecule has 3 heteroatoms. The van der Waals surface area contributed by atoms with E-state index in [4.69, 9.17) is 0 Å². The molecule has 0 amide bonds. The highest BCUT2D eigenvalue weighted by Gasteiger charge is 1.92. The Morgan fingerprint density at radius 3 is 2.71 bits per heavy atom. The van der Waals surface area contributed by atoms with Crippen LogP contribution in [0.2, 0.25) is 0 Å². The zero-order valence-electron chi connectivity index (χ0n) is 9.05. The summed E-state index contributed by atoms with van der Waals surface area (Å²) in [5.74, 6) is 0.888. The first-order valence-electron chi connectivity index (χ1n) is 5.66. The van der Waals surface area contributed by atoms with Crippen LogP contribution in [0.4, 0.5) is 5.95 Å². The maximum Gasteiger partial charge on any atom is 0.200 e. The number of rotatable bonds is 8. The molecule has 0 aliphatic rings. The average molecular weight is 195 g/mol. The van der Waals surface area contributed by atoms with Gasteiger partial charge in [-0.05, 0) is 6.42 Å². The van der Waals surface area contributed by atoms with Gasteiger partial charge >= 0.3 is 0 Å². The highest BCUT2D eigenvalue weighted by molar-refractivity contribution is 5.21. The van der Waals surface area contributed by atoms with Gasteiger partial charge in [0, 0.05) is 18.9 Å². The minimum absolute atomic E-state index is 0.888. The van der Waals surface area contributed by atoms with Gasteiger partial charge in [0.15, 0.2) is 5.95 Å². The molecule has 1 heterocycles. The monoisotopic (exact) mass is 195 g/mol. The lowest BCUT2D eigenvalue weighted by Gasteiger charge is -2.02. The number of nitrogens with one attached hydrogen (secondary N) is 2. The van der Waals surface area contributed by atoms with E-state index in [-0.39, 0.29) is 0 Å². The summed E-state index contributed by atoms with van der Waals surface area (Å²) < 4.78 is 0.